The van der Waals surface area contributed by atoms with E-state index in [4.69, 9.17) is 15.3 Å². The number of allylic oxidation sites excluding steroid dienone is 1. The predicted molar refractivity (Wildman–Crippen MR) is 122 cm³/mol. The van der Waals surface area contributed by atoms with E-state index in [-0.39, 0.29) is 30.2 Å². The molecule has 2 aliphatic heterocycles. The average molecular weight is 451 g/mol. The molecule has 0 saturated carbocycles. The Kier molecular flexibility index (Phi) is 6.11. The Morgan fingerprint density at radius 1 is 1.36 bits per heavy atom. The van der Waals surface area contributed by atoms with E-state index in [1.165, 1.54) is 17.2 Å². The second-order valence-corrected chi connectivity index (χ2v) is 8.68. The fourth-order valence-electron chi connectivity index (χ4n) is 4.46. The fourth-order valence-corrected chi connectivity index (χ4v) is 4.46. The zero-order valence-corrected chi connectivity index (χ0v) is 18.9. The quantitative estimate of drug-likeness (QED) is 0.671. The van der Waals surface area contributed by atoms with Crippen molar-refractivity contribution < 1.29 is 19.1 Å². The van der Waals surface area contributed by atoms with Crippen LogP contribution >= 0.6 is 0 Å². The van der Waals surface area contributed by atoms with E-state index in [1.807, 2.05) is 32.0 Å². The molecule has 0 radical (unpaired) electrons. The van der Waals surface area contributed by atoms with E-state index in [2.05, 4.69) is 11.1 Å². The third kappa shape index (κ3) is 4.42. The summed E-state index contributed by atoms with van der Waals surface area (Å²) in [6, 6.07) is 11.7. The Balaban J connectivity index is 1.82. The highest BCUT2D eigenvalue weighted by Gasteiger charge is 2.49. The number of rotatable bonds is 5. The maximum Gasteiger partial charge on any atom is 0.221 e. The van der Waals surface area contributed by atoms with E-state index < -0.39 is 11.5 Å². The molecule has 0 bridgehead atoms. The van der Waals surface area contributed by atoms with Gasteiger partial charge in [0.2, 0.25) is 11.7 Å². The number of hydrogen-bond acceptors (Lipinski definition) is 7. The molecule has 0 fully saturated rings. The minimum atomic E-state index is -1.11. The van der Waals surface area contributed by atoms with E-state index in [0.717, 1.165) is 5.57 Å². The molecule has 2 heterocycles. The molecular weight excluding hydrogens is 423 g/mol. The number of guanidine groups is 1. The number of hydrogen-bond donors (Lipinski definition) is 2. The van der Waals surface area contributed by atoms with Crippen LogP contribution in [-0.4, -0.2) is 35.9 Å². The number of fused-ring (bicyclic) bond motifs is 2. The van der Waals surface area contributed by atoms with Gasteiger partial charge in [0.05, 0.1) is 17.2 Å². The van der Waals surface area contributed by atoms with Crippen molar-refractivity contribution in [1.82, 2.24) is 5.06 Å². The number of aliphatic hydroxyl groups excluding tert-OH is 1. The smallest absolute Gasteiger partial charge is 0.221 e. The normalized spacial score (nSPS) is 22.2. The summed E-state index contributed by atoms with van der Waals surface area (Å²) >= 11 is 0. The molecule has 2 aromatic carbocycles. The summed E-state index contributed by atoms with van der Waals surface area (Å²) in [5, 5.41) is 20.3. The minimum absolute atomic E-state index is 0.0278. The van der Waals surface area contributed by atoms with Gasteiger partial charge in [-0.2, -0.15) is 5.26 Å². The summed E-state index contributed by atoms with van der Waals surface area (Å²) in [4.78, 5) is 10.8. The van der Waals surface area contributed by atoms with Gasteiger partial charge in [0.15, 0.2) is 0 Å². The first-order valence-corrected chi connectivity index (χ1v) is 10.8. The summed E-state index contributed by atoms with van der Waals surface area (Å²) in [5.74, 6) is 0.298. The number of benzene rings is 2. The molecule has 1 spiro atoms. The number of aliphatic imine (C=N–C) groups is 1. The van der Waals surface area contributed by atoms with Crippen molar-refractivity contribution in [3.63, 3.8) is 0 Å². The van der Waals surface area contributed by atoms with Crippen molar-refractivity contribution in [1.29, 1.82) is 5.26 Å². The lowest BCUT2D eigenvalue weighted by Gasteiger charge is -2.39. The number of nitrogens with two attached hydrogens (primary N) is 1. The van der Waals surface area contributed by atoms with Crippen molar-refractivity contribution >= 4 is 5.96 Å². The Labute approximate surface area is 192 Å². The van der Waals surface area contributed by atoms with Crippen LogP contribution in [0.1, 0.15) is 37.8 Å². The summed E-state index contributed by atoms with van der Waals surface area (Å²) in [5.41, 5.74) is 8.28. The minimum Gasteiger partial charge on any atom is -0.489 e. The first-order chi connectivity index (χ1) is 15.7. The number of nitriles is 1. The van der Waals surface area contributed by atoms with Crippen LogP contribution in [0.3, 0.4) is 0 Å². The van der Waals surface area contributed by atoms with Crippen molar-refractivity contribution in [2.45, 2.75) is 38.5 Å². The van der Waals surface area contributed by atoms with E-state index in [0.29, 0.717) is 35.3 Å². The largest absolute Gasteiger partial charge is 0.489 e. The summed E-state index contributed by atoms with van der Waals surface area (Å²) in [6.07, 6.45) is 2.72. The van der Waals surface area contributed by atoms with Gasteiger partial charge in [-0.15, -0.1) is 0 Å². The Bertz CT molecular complexity index is 1170. The Hall–Kier alpha value is -3.41. The summed E-state index contributed by atoms with van der Waals surface area (Å²) in [6.45, 7) is 4.04. The first kappa shape index (κ1) is 22.8. The van der Waals surface area contributed by atoms with Gasteiger partial charge in [-0.25, -0.2) is 19.3 Å². The lowest BCUT2D eigenvalue weighted by Crippen LogP contribution is -2.42. The molecule has 3 atom stereocenters. The summed E-state index contributed by atoms with van der Waals surface area (Å²) in [7, 11) is 1.69. The molecule has 2 aromatic rings. The van der Waals surface area contributed by atoms with Gasteiger partial charge in [0.1, 0.15) is 17.7 Å². The monoisotopic (exact) mass is 450 g/mol. The van der Waals surface area contributed by atoms with E-state index in [9.17, 15) is 14.8 Å². The topological polar surface area (TPSA) is 104 Å². The maximum absolute atomic E-state index is 14.1. The lowest BCUT2D eigenvalue weighted by molar-refractivity contribution is -0.193. The SMILES string of the molecule is CC(C)=CC(CCO)C1CC2(N=C(N)N(C)O2)c2cc(-c3cc(F)cc(C#N)c3)ccc2O1. The van der Waals surface area contributed by atoms with Gasteiger partial charge in [0, 0.05) is 26.0 Å². The van der Waals surface area contributed by atoms with Crippen LogP contribution in [0.5, 0.6) is 5.75 Å². The number of halogens is 1. The lowest BCUT2D eigenvalue weighted by atomic mass is 9.84. The van der Waals surface area contributed by atoms with Crippen molar-refractivity contribution in [3.05, 3.63) is 65.0 Å². The molecule has 0 saturated heterocycles. The highest BCUT2D eigenvalue weighted by atomic mass is 19.1. The van der Waals surface area contributed by atoms with Gasteiger partial charge in [0.25, 0.3) is 0 Å². The number of aliphatic hydroxyl groups is 1. The van der Waals surface area contributed by atoms with Gasteiger partial charge < -0.3 is 15.6 Å². The van der Waals surface area contributed by atoms with Gasteiger partial charge >= 0.3 is 0 Å². The molecule has 0 aromatic heterocycles. The van der Waals surface area contributed by atoms with Gasteiger partial charge in [-0.3, -0.25) is 0 Å². The van der Waals surface area contributed by atoms with Crippen LogP contribution in [0.2, 0.25) is 0 Å². The second kappa shape index (κ2) is 8.85. The van der Waals surface area contributed by atoms with E-state index in [1.54, 1.807) is 19.2 Å². The van der Waals surface area contributed by atoms with Crippen LogP contribution in [0.25, 0.3) is 11.1 Å². The van der Waals surface area contributed by atoms with Crippen LogP contribution < -0.4 is 10.5 Å². The van der Waals surface area contributed by atoms with E-state index >= 15 is 0 Å². The van der Waals surface area contributed by atoms with Gasteiger partial charge in [-0.05, 0) is 61.7 Å². The first-order valence-electron chi connectivity index (χ1n) is 10.8. The molecular formula is C25H27FN4O3. The average Bonchev–Trinajstić information content (AvgIpc) is 3.05. The molecule has 3 N–H and O–H groups in total. The molecule has 4 rings (SSSR count). The standard InChI is InChI=1S/C25H27FN4O3/c1-15(2)8-18(6-7-31)23-13-25(29-24(28)30(3)33-25)21-12-17(4-5-22(21)32-23)19-9-16(14-27)10-20(26)11-19/h4-5,8-12,18,23,31H,6-7,13H2,1-3H3,(H2,28,29). The van der Waals surface area contributed by atoms with Crippen LogP contribution in [0, 0.1) is 23.1 Å². The van der Waals surface area contributed by atoms with Crippen LogP contribution in [0.4, 0.5) is 4.39 Å². The van der Waals surface area contributed by atoms with Crippen LogP contribution in [-0.2, 0) is 10.6 Å². The fraction of sp³-hybridized carbons (Fsp3) is 0.360. The molecule has 7 nitrogen and oxygen atoms in total. The van der Waals surface area contributed by atoms with Gasteiger partial charge in [-0.1, -0.05) is 17.7 Å². The Morgan fingerprint density at radius 2 is 2.15 bits per heavy atom. The number of nitrogens with zero attached hydrogens (tertiary/aromatic N) is 3. The summed E-state index contributed by atoms with van der Waals surface area (Å²) < 4.78 is 20.5. The predicted octanol–water partition coefficient (Wildman–Crippen LogP) is 3.82. The molecule has 33 heavy (non-hydrogen) atoms. The van der Waals surface area contributed by atoms with Crippen molar-refractivity contribution in [3.8, 4) is 22.9 Å². The number of hydroxylamine groups is 2. The highest BCUT2D eigenvalue weighted by molar-refractivity contribution is 5.79. The van der Waals surface area contributed by atoms with Crippen molar-refractivity contribution in [2.75, 3.05) is 13.7 Å². The second-order valence-electron chi connectivity index (χ2n) is 8.68. The molecule has 172 valence electrons. The Morgan fingerprint density at radius 3 is 2.79 bits per heavy atom. The highest BCUT2D eigenvalue weighted by Crippen LogP contribution is 2.48. The third-order valence-corrected chi connectivity index (χ3v) is 5.91. The third-order valence-electron chi connectivity index (χ3n) is 5.91. The maximum atomic E-state index is 14.1. The molecule has 3 unspecified atom stereocenters. The zero-order chi connectivity index (χ0) is 23.8. The zero-order valence-electron chi connectivity index (χ0n) is 18.9. The van der Waals surface area contributed by atoms with Crippen molar-refractivity contribution in [2.24, 2.45) is 16.6 Å². The van der Waals surface area contributed by atoms with Crippen LogP contribution in [0.15, 0.2) is 53.0 Å². The molecule has 0 aliphatic carbocycles. The molecule has 2 aliphatic rings. The molecule has 0 amide bonds. The molecule has 8 heteroatoms. The number of ether oxygens (including phenoxy) is 1.